The molecule has 2 N–H and O–H groups in total. The largest absolute Gasteiger partial charge is 0.444 e. The van der Waals surface area contributed by atoms with Crippen molar-refractivity contribution in [1.82, 2.24) is 4.90 Å². The van der Waals surface area contributed by atoms with Crippen molar-refractivity contribution in [2.45, 2.75) is 77.3 Å². The van der Waals surface area contributed by atoms with Crippen molar-refractivity contribution in [2.24, 2.45) is 5.73 Å². The van der Waals surface area contributed by atoms with Gasteiger partial charge in [0.05, 0.1) is 0 Å². The summed E-state index contributed by atoms with van der Waals surface area (Å²) in [5, 5.41) is 2.14. The summed E-state index contributed by atoms with van der Waals surface area (Å²) in [7, 11) is -2.87. The molecular formula is C26H38N2O3Si. The molecule has 2 atom stereocenters. The van der Waals surface area contributed by atoms with Crippen LogP contribution in [0.1, 0.15) is 54.9 Å². The van der Waals surface area contributed by atoms with E-state index in [4.69, 9.17) is 14.9 Å². The molecule has 0 radical (unpaired) electrons. The molecule has 32 heavy (non-hydrogen) atoms. The Morgan fingerprint density at radius 2 is 1.44 bits per heavy atom. The number of likely N-dealkylation sites (tertiary alicyclic amines) is 1. The summed E-state index contributed by atoms with van der Waals surface area (Å²) in [5.41, 5.74) is 4.92. The van der Waals surface area contributed by atoms with Crippen LogP contribution in [0.4, 0.5) is 4.79 Å². The highest BCUT2D eigenvalue weighted by molar-refractivity contribution is 6.99. The van der Waals surface area contributed by atoms with Gasteiger partial charge in [-0.3, -0.25) is 4.90 Å². The average molecular weight is 455 g/mol. The van der Waals surface area contributed by atoms with Gasteiger partial charge in [-0.1, -0.05) is 81.4 Å². The number of ether oxygens (including phenoxy) is 1. The van der Waals surface area contributed by atoms with E-state index in [-0.39, 0.29) is 17.2 Å². The monoisotopic (exact) mass is 454 g/mol. The second kappa shape index (κ2) is 8.65. The lowest BCUT2D eigenvalue weighted by molar-refractivity contribution is -0.0602. The summed E-state index contributed by atoms with van der Waals surface area (Å²) < 4.78 is 13.1. The average Bonchev–Trinajstić information content (AvgIpc) is 2.99. The number of carbonyl (C=O) groups excluding carboxylic acids is 1. The van der Waals surface area contributed by atoms with Gasteiger partial charge in [-0.15, -0.1) is 0 Å². The van der Waals surface area contributed by atoms with Gasteiger partial charge in [0.2, 0.25) is 0 Å². The Bertz CT molecular complexity index is 882. The lowest BCUT2D eigenvalue weighted by atomic mass is 10.1. The smallest absolute Gasteiger partial charge is 0.412 e. The van der Waals surface area contributed by atoms with Gasteiger partial charge < -0.3 is 14.9 Å². The van der Waals surface area contributed by atoms with Gasteiger partial charge in [-0.25, -0.2) is 4.79 Å². The van der Waals surface area contributed by atoms with Gasteiger partial charge >= 0.3 is 6.09 Å². The molecule has 0 aliphatic carbocycles. The normalized spacial score (nSPS) is 22.1. The fraction of sp³-hybridized carbons (Fsp3) is 0.500. The SMILES string of the molecule is CC(C)(C)OC(=O)N1C[C@H](N)C[C@]1(C)O[Si](c1ccccc1)(c1ccccc1)C(C)(C)C. The van der Waals surface area contributed by atoms with Crippen molar-refractivity contribution in [2.75, 3.05) is 6.54 Å². The molecule has 1 heterocycles. The van der Waals surface area contributed by atoms with E-state index in [9.17, 15) is 4.79 Å². The summed E-state index contributed by atoms with van der Waals surface area (Å²) in [5.74, 6) is 0. The maximum Gasteiger partial charge on any atom is 0.412 e. The van der Waals surface area contributed by atoms with Crippen LogP contribution in [0.25, 0.3) is 0 Å². The number of nitrogens with zero attached hydrogens (tertiary/aromatic N) is 1. The van der Waals surface area contributed by atoms with Crippen LogP contribution in [0, 0.1) is 0 Å². The first kappa shape index (κ1) is 24.5. The zero-order valence-electron chi connectivity index (χ0n) is 20.5. The minimum atomic E-state index is -2.87. The maximum atomic E-state index is 13.2. The molecule has 1 fully saturated rings. The molecule has 1 saturated heterocycles. The first-order valence-corrected chi connectivity index (χ1v) is 13.3. The molecule has 1 aliphatic heterocycles. The van der Waals surface area contributed by atoms with E-state index in [0.29, 0.717) is 13.0 Å². The topological polar surface area (TPSA) is 64.8 Å². The van der Waals surface area contributed by atoms with Crippen molar-refractivity contribution in [3.8, 4) is 0 Å². The first-order valence-electron chi connectivity index (χ1n) is 11.4. The van der Waals surface area contributed by atoms with Crippen LogP contribution in [-0.2, 0) is 9.16 Å². The highest BCUT2D eigenvalue weighted by atomic mass is 28.4. The summed E-state index contributed by atoms with van der Waals surface area (Å²) in [6, 6.07) is 20.7. The zero-order chi connectivity index (χ0) is 23.8. The van der Waals surface area contributed by atoms with Crippen LogP contribution in [0.15, 0.2) is 60.7 Å². The van der Waals surface area contributed by atoms with E-state index in [1.54, 1.807) is 4.90 Å². The highest BCUT2D eigenvalue weighted by Gasteiger charge is 2.57. The second-order valence-corrected chi connectivity index (χ2v) is 15.2. The Kier molecular flexibility index (Phi) is 6.62. The molecule has 6 heteroatoms. The third-order valence-corrected chi connectivity index (χ3v) is 11.2. The molecule has 1 aliphatic rings. The molecule has 0 aromatic heterocycles. The number of hydrogen-bond donors (Lipinski definition) is 1. The predicted molar refractivity (Wildman–Crippen MR) is 133 cm³/mol. The van der Waals surface area contributed by atoms with Gasteiger partial charge in [0.15, 0.2) is 0 Å². The van der Waals surface area contributed by atoms with Gasteiger partial charge in [-0.2, -0.15) is 0 Å². The molecule has 5 nitrogen and oxygen atoms in total. The van der Waals surface area contributed by atoms with Crippen LogP contribution in [0.3, 0.4) is 0 Å². The summed E-state index contributed by atoms with van der Waals surface area (Å²) in [6.07, 6.45) is 0.169. The number of amides is 1. The fourth-order valence-corrected chi connectivity index (χ4v) is 9.53. The molecule has 0 spiro atoms. The Morgan fingerprint density at radius 1 is 0.969 bits per heavy atom. The minimum Gasteiger partial charge on any atom is -0.444 e. The molecule has 0 unspecified atom stereocenters. The Morgan fingerprint density at radius 3 is 1.84 bits per heavy atom. The molecule has 0 saturated carbocycles. The fourth-order valence-electron chi connectivity index (χ4n) is 4.75. The third-order valence-electron chi connectivity index (χ3n) is 6.03. The van der Waals surface area contributed by atoms with Crippen molar-refractivity contribution in [3.63, 3.8) is 0 Å². The molecular weight excluding hydrogens is 416 g/mol. The molecule has 174 valence electrons. The third kappa shape index (κ3) is 4.77. The second-order valence-electron chi connectivity index (χ2n) is 11.0. The predicted octanol–water partition coefficient (Wildman–Crippen LogP) is 4.25. The Labute approximate surface area is 194 Å². The molecule has 1 amide bonds. The van der Waals surface area contributed by atoms with Crippen molar-refractivity contribution < 1.29 is 14.0 Å². The van der Waals surface area contributed by atoms with Gasteiger partial charge in [0, 0.05) is 19.0 Å². The number of nitrogens with two attached hydrogens (primary N) is 1. The highest BCUT2D eigenvalue weighted by Crippen LogP contribution is 2.43. The van der Waals surface area contributed by atoms with E-state index in [0.717, 1.165) is 0 Å². The molecule has 2 aromatic rings. The molecule has 3 rings (SSSR count). The van der Waals surface area contributed by atoms with Gasteiger partial charge in [0.1, 0.15) is 11.3 Å². The molecule has 0 bridgehead atoms. The standard InChI is InChI=1S/C26H38N2O3Si/c1-24(2,3)30-23(29)28-19-20(27)18-26(28,7)31-32(25(4,5)6,21-14-10-8-11-15-21)22-16-12-9-13-17-22/h8-17,20H,18-19,27H2,1-7H3/t20-,26+/m1/s1. The van der Waals surface area contributed by atoms with Crippen LogP contribution in [0.5, 0.6) is 0 Å². The van der Waals surface area contributed by atoms with Crippen LogP contribution < -0.4 is 16.1 Å². The van der Waals surface area contributed by atoms with Crippen molar-refractivity contribution in [3.05, 3.63) is 60.7 Å². The van der Waals surface area contributed by atoms with Crippen molar-refractivity contribution in [1.29, 1.82) is 0 Å². The Balaban J connectivity index is 2.17. The maximum absolute atomic E-state index is 13.2. The first-order chi connectivity index (χ1) is 14.8. The van der Waals surface area contributed by atoms with Crippen LogP contribution in [0.2, 0.25) is 5.04 Å². The van der Waals surface area contributed by atoms with E-state index in [2.05, 4.69) is 69.3 Å². The summed E-state index contributed by atoms with van der Waals surface area (Å²) in [4.78, 5) is 14.9. The Hall–Kier alpha value is -2.15. The van der Waals surface area contributed by atoms with E-state index >= 15 is 0 Å². The van der Waals surface area contributed by atoms with Crippen molar-refractivity contribution >= 4 is 24.8 Å². The molecule has 2 aromatic carbocycles. The lowest BCUT2D eigenvalue weighted by Gasteiger charge is -2.49. The number of carbonyl (C=O) groups is 1. The summed E-state index contributed by atoms with van der Waals surface area (Å²) >= 11 is 0. The van der Waals surface area contributed by atoms with E-state index in [1.807, 2.05) is 39.8 Å². The zero-order valence-corrected chi connectivity index (χ0v) is 21.5. The van der Waals surface area contributed by atoms with Gasteiger partial charge in [-0.05, 0) is 43.1 Å². The minimum absolute atomic E-state index is 0.175. The van der Waals surface area contributed by atoms with E-state index < -0.39 is 19.6 Å². The number of hydrogen-bond acceptors (Lipinski definition) is 4. The van der Waals surface area contributed by atoms with E-state index in [1.165, 1.54) is 10.4 Å². The van der Waals surface area contributed by atoms with Crippen LogP contribution in [-0.4, -0.2) is 43.2 Å². The lowest BCUT2D eigenvalue weighted by Crippen LogP contribution is -2.71. The quantitative estimate of drug-likeness (QED) is 0.702. The summed E-state index contributed by atoms with van der Waals surface area (Å²) in [6.45, 7) is 14.7. The number of rotatable bonds is 4. The van der Waals surface area contributed by atoms with Gasteiger partial charge in [0.25, 0.3) is 8.32 Å². The number of benzene rings is 2. The van der Waals surface area contributed by atoms with Crippen LogP contribution >= 0.6 is 0 Å².